The van der Waals surface area contributed by atoms with Crippen LogP contribution in [0.1, 0.15) is 18.4 Å². The maximum Gasteiger partial charge on any atom is 0.215 e. The maximum atomic E-state index is 5.16. The molecule has 0 N–H and O–H groups in total. The number of nitrogens with zero attached hydrogens (tertiary/aromatic N) is 2. The van der Waals surface area contributed by atoms with Gasteiger partial charge in [0.15, 0.2) is 0 Å². The molecule has 3 nitrogen and oxygen atoms in total. The molecule has 0 atom stereocenters. The van der Waals surface area contributed by atoms with Gasteiger partial charge in [-0.2, -0.15) is 4.98 Å². The van der Waals surface area contributed by atoms with Gasteiger partial charge in [-0.1, -0.05) is 0 Å². The second-order valence-corrected chi connectivity index (χ2v) is 3.74. The monoisotopic (exact) mass is 192 g/mol. The Morgan fingerprint density at radius 1 is 1.29 bits per heavy atom. The summed E-state index contributed by atoms with van der Waals surface area (Å²) >= 11 is 0. The number of methoxy groups -OCH3 is 1. The summed E-state index contributed by atoms with van der Waals surface area (Å²) in [6.45, 7) is 4.32. The minimum absolute atomic E-state index is 0.715. The fourth-order valence-corrected chi connectivity index (χ4v) is 1.83. The SMILES string of the molecule is COc1cc(C)cc(N2CCCC2)n1. The van der Waals surface area contributed by atoms with Gasteiger partial charge in [-0.05, 0) is 31.4 Å². The van der Waals surface area contributed by atoms with Crippen molar-refractivity contribution in [2.75, 3.05) is 25.1 Å². The van der Waals surface area contributed by atoms with Crippen LogP contribution in [0, 0.1) is 6.92 Å². The molecule has 1 aliphatic heterocycles. The lowest BCUT2D eigenvalue weighted by Gasteiger charge is -2.17. The van der Waals surface area contributed by atoms with Crippen molar-refractivity contribution in [3.63, 3.8) is 0 Å². The molecule has 2 rings (SSSR count). The summed E-state index contributed by atoms with van der Waals surface area (Å²) in [5.41, 5.74) is 1.21. The third-order valence-corrected chi connectivity index (χ3v) is 2.57. The average molecular weight is 192 g/mol. The fourth-order valence-electron chi connectivity index (χ4n) is 1.83. The Bertz CT molecular complexity index is 319. The predicted octanol–water partition coefficient (Wildman–Crippen LogP) is 2.00. The Labute approximate surface area is 84.7 Å². The van der Waals surface area contributed by atoms with Crippen LogP contribution in [0.15, 0.2) is 12.1 Å². The van der Waals surface area contributed by atoms with Gasteiger partial charge < -0.3 is 9.64 Å². The van der Waals surface area contributed by atoms with Gasteiger partial charge in [-0.3, -0.25) is 0 Å². The summed E-state index contributed by atoms with van der Waals surface area (Å²) in [5.74, 6) is 1.77. The number of anilines is 1. The molecular weight excluding hydrogens is 176 g/mol. The summed E-state index contributed by atoms with van der Waals surface area (Å²) in [6.07, 6.45) is 2.55. The zero-order chi connectivity index (χ0) is 9.97. The van der Waals surface area contributed by atoms with Crippen molar-refractivity contribution in [3.8, 4) is 5.88 Å². The van der Waals surface area contributed by atoms with Gasteiger partial charge in [-0.15, -0.1) is 0 Å². The van der Waals surface area contributed by atoms with Crippen LogP contribution in [0.5, 0.6) is 5.88 Å². The second kappa shape index (κ2) is 3.86. The molecule has 0 radical (unpaired) electrons. The van der Waals surface area contributed by atoms with Gasteiger partial charge in [0.2, 0.25) is 5.88 Å². The lowest BCUT2D eigenvalue weighted by atomic mass is 10.3. The van der Waals surface area contributed by atoms with Gasteiger partial charge in [0.1, 0.15) is 5.82 Å². The molecule has 1 aliphatic rings. The maximum absolute atomic E-state index is 5.16. The quantitative estimate of drug-likeness (QED) is 0.716. The van der Waals surface area contributed by atoms with Crippen LogP contribution in [0.4, 0.5) is 5.82 Å². The predicted molar refractivity (Wildman–Crippen MR) is 57.0 cm³/mol. The highest BCUT2D eigenvalue weighted by molar-refractivity contribution is 5.44. The van der Waals surface area contributed by atoms with Crippen LogP contribution in [0.3, 0.4) is 0 Å². The molecule has 1 aromatic heterocycles. The molecule has 14 heavy (non-hydrogen) atoms. The van der Waals surface area contributed by atoms with Crippen molar-refractivity contribution in [1.29, 1.82) is 0 Å². The standard InChI is InChI=1S/C11H16N2O/c1-9-7-10(12-11(8-9)14-2)13-5-3-4-6-13/h7-8H,3-6H2,1-2H3. The van der Waals surface area contributed by atoms with Crippen molar-refractivity contribution in [2.24, 2.45) is 0 Å². The summed E-state index contributed by atoms with van der Waals surface area (Å²) in [5, 5.41) is 0. The molecule has 0 aromatic carbocycles. The average Bonchev–Trinajstić information content (AvgIpc) is 2.69. The van der Waals surface area contributed by atoms with Crippen LogP contribution in [-0.2, 0) is 0 Å². The van der Waals surface area contributed by atoms with Crippen LogP contribution in [0.25, 0.3) is 0 Å². The molecule has 1 fully saturated rings. The van der Waals surface area contributed by atoms with Crippen molar-refractivity contribution < 1.29 is 4.74 Å². The van der Waals surface area contributed by atoms with Crippen LogP contribution in [0.2, 0.25) is 0 Å². The number of aryl methyl sites for hydroxylation is 1. The zero-order valence-corrected chi connectivity index (χ0v) is 8.79. The fraction of sp³-hybridized carbons (Fsp3) is 0.545. The van der Waals surface area contributed by atoms with E-state index in [0.29, 0.717) is 5.88 Å². The summed E-state index contributed by atoms with van der Waals surface area (Å²) < 4.78 is 5.16. The van der Waals surface area contributed by atoms with E-state index in [-0.39, 0.29) is 0 Å². The summed E-state index contributed by atoms with van der Waals surface area (Å²) in [6, 6.07) is 4.08. The normalized spacial score (nSPS) is 16.0. The zero-order valence-electron chi connectivity index (χ0n) is 8.79. The molecule has 0 saturated carbocycles. The summed E-state index contributed by atoms with van der Waals surface area (Å²) in [4.78, 5) is 6.75. The Morgan fingerprint density at radius 3 is 2.64 bits per heavy atom. The molecule has 0 aliphatic carbocycles. The molecule has 0 bridgehead atoms. The van der Waals surface area contributed by atoms with Crippen LogP contribution >= 0.6 is 0 Å². The van der Waals surface area contributed by atoms with E-state index in [4.69, 9.17) is 4.74 Å². The van der Waals surface area contributed by atoms with Crippen molar-refractivity contribution in [2.45, 2.75) is 19.8 Å². The Hall–Kier alpha value is -1.25. The molecule has 2 heterocycles. The molecule has 0 amide bonds. The smallest absolute Gasteiger partial charge is 0.215 e. The van der Waals surface area contributed by atoms with Crippen molar-refractivity contribution in [1.82, 2.24) is 4.98 Å². The molecule has 0 spiro atoms. The largest absolute Gasteiger partial charge is 0.481 e. The third kappa shape index (κ3) is 1.81. The first kappa shape index (κ1) is 9.31. The first-order valence-corrected chi connectivity index (χ1v) is 5.07. The van der Waals surface area contributed by atoms with Gasteiger partial charge in [0.05, 0.1) is 7.11 Å². The number of aromatic nitrogens is 1. The summed E-state index contributed by atoms with van der Waals surface area (Å²) in [7, 11) is 1.66. The highest BCUT2D eigenvalue weighted by Gasteiger charge is 2.14. The lowest BCUT2D eigenvalue weighted by molar-refractivity contribution is 0.397. The molecule has 1 saturated heterocycles. The van der Waals surface area contributed by atoms with Gasteiger partial charge >= 0.3 is 0 Å². The van der Waals surface area contributed by atoms with E-state index < -0.39 is 0 Å². The van der Waals surface area contributed by atoms with Gasteiger partial charge in [0.25, 0.3) is 0 Å². The molecule has 3 heteroatoms. The number of pyridine rings is 1. The van der Waals surface area contributed by atoms with E-state index in [0.717, 1.165) is 18.9 Å². The van der Waals surface area contributed by atoms with Gasteiger partial charge in [-0.25, -0.2) is 0 Å². The molecule has 1 aromatic rings. The van der Waals surface area contributed by atoms with Crippen molar-refractivity contribution in [3.05, 3.63) is 17.7 Å². The van der Waals surface area contributed by atoms with E-state index in [2.05, 4.69) is 22.9 Å². The first-order valence-electron chi connectivity index (χ1n) is 5.07. The Kier molecular flexibility index (Phi) is 2.57. The topological polar surface area (TPSA) is 25.4 Å². The molecule has 76 valence electrons. The van der Waals surface area contributed by atoms with Crippen LogP contribution in [-0.4, -0.2) is 25.2 Å². The van der Waals surface area contributed by atoms with E-state index in [1.165, 1.54) is 18.4 Å². The van der Waals surface area contributed by atoms with E-state index >= 15 is 0 Å². The lowest BCUT2D eigenvalue weighted by Crippen LogP contribution is -2.19. The second-order valence-electron chi connectivity index (χ2n) is 3.74. The van der Waals surface area contributed by atoms with E-state index in [1.807, 2.05) is 6.07 Å². The highest BCUT2D eigenvalue weighted by Crippen LogP contribution is 2.22. The minimum atomic E-state index is 0.715. The van der Waals surface area contributed by atoms with E-state index in [1.54, 1.807) is 7.11 Å². The third-order valence-electron chi connectivity index (χ3n) is 2.57. The minimum Gasteiger partial charge on any atom is -0.481 e. The van der Waals surface area contributed by atoms with Gasteiger partial charge in [0, 0.05) is 19.2 Å². The van der Waals surface area contributed by atoms with E-state index in [9.17, 15) is 0 Å². The number of hydrogen-bond acceptors (Lipinski definition) is 3. The molecular formula is C11H16N2O. The highest BCUT2D eigenvalue weighted by atomic mass is 16.5. The number of ether oxygens (including phenoxy) is 1. The Morgan fingerprint density at radius 2 is 2.00 bits per heavy atom. The molecule has 0 unspecified atom stereocenters. The number of rotatable bonds is 2. The van der Waals surface area contributed by atoms with Crippen molar-refractivity contribution >= 4 is 5.82 Å². The number of hydrogen-bond donors (Lipinski definition) is 0. The Balaban J connectivity index is 2.27. The first-order chi connectivity index (χ1) is 6.79. The van der Waals surface area contributed by atoms with Crippen LogP contribution < -0.4 is 9.64 Å².